The van der Waals surface area contributed by atoms with E-state index in [0.29, 0.717) is 0 Å². The van der Waals surface area contributed by atoms with Crippen LogP contribution < -0.4 is 5.32 Å². The fourth-order valence-corrected chi connectivity index (χ4v) is 6.37. The first-order valence-electron chi connectivity index (χ1n) is 9.77. The van der Waals surface area contributed by atoms with Gasteiger partial charge in [0, 0.05) is 10.3 Å². The van der Waals surface area contributed by atoms with Crippen molar-refractivity contribution in [3.63, 3.8) is 0 Å². The number of carbonyl (C=O) groups excluding carboxylic acids is 1. The Labute approximate surface area is 168 Å². The van der Waals surface area contributed by atoms with Gasteiger partial charge in [0.1, 0.15) is 21.7 Å². The van der Waals surface area contributed by atoms with Gasteiger partial charge in [-0.3, -0.25) is 4.79 Å². The molecule has 4 rings (SSSR count). The fraction of sp³-hybridized carbons (Fsp3) is 0.600. The number of hydrogen-bond donors (Lipinski definition) is 1. The second-order valence-electron chi connectivity index (χ2n) is 7.57. The average Bonchev–Trinajstić information content (AvgIpc) is 3.08. The van der Waals surface area contributed by atoms with Gasteiger partial charge in [0.15, 0.2) is 0 Å². The number of fused-ring (bicyclic) bond motifs is 3. The van der Waals surface area contributed by atoms with Gasteiger partial charge in [0.05, 0.1) is 11.3 Å². The molecule has 0 aliphatic heterocycles. The Kier molecular flexibility index (Phi) is 5.38. The highest BCUT2D eigenvalue weighted by Gasteiger charge is 2.35. The quantitative estimate of drug-likeness (QED) is 0.608. The molecule has 2 aliphatic rings. The number of nitriles is 1. The summed E-state index contributed by atoms with van der Waals surface area (Å²) in [6, 6.07) is 2.37. The zero-order chi connectivity index (χ0) is 18.9. The summed E-state index contributed by atoms with van der Waals surface area (Å²) in [5, 5.41) is 14.4. The van der Waals surface area contributed by atoms with E-state index < -0.39 is 5.54 Å². The molecular weight excluding hydrogens is 376 g/mol. The molecule has 1 saturated carbocycles. The molecule has 1 unspecified atom stereocenters. The molecule has 7 heteroatoms. The third-order valence-corrected chi connectivity index (χ3v) is 7.96. The van der Waals surface area contributed by atoms with Crippen LogP contribution in [0.25, 0.3) is 10.2 Å². The van der Waals surface area contributed by atoms with Crippen molar-refractivity contribution in [2.75, 3.05) is 0 Å². The van der Waals surface area contributed by atoms with Gasteiger partial charge in [0.2, 0.25) is 5.91 Å². The molecular formula is C20H24N4OS2. The van der Waals surface area contributed by atoms with Crippen molar-refractivity contribution in [2.45, 2.75) is 80.5 Å². The van der Waals surface area contributed by atoms with Crippen LogP contribution in [0.15, 0.2) is 11.4 Å². The molecule has 1 N–H and O–H groups in total. The van der Waals surface area contributed by atoms with Gasteiger partial charge in [-0.2, -0.15) is 5.26 Å². The summed E-state index contributed by atoms with van der Waals surface area (Å²) in [5.74, 6) is -0.0701. The smallest absolute Gasteiger partial charge is 0.234 e. The van der Waals surface area contributed by atoms with Crippen molar-refractivity contribution >= 4 is 39.2 Å². The van der Waals surface area contributed by atoms with Crippen LogP contribution in [-0.4, -0.2) is 26.7 Å². The van der Waals surface area contributed by atoms with Crippen LogP contribution in [-0.2, 0) is 17.6 Å². The summed E-state index contributed by atoms with van der Waals surface area (Å²) < 4.78 is 0. The number of aryl methyl sites for hydroxylation is 2. The van der Waals surface area contributed by atoms with Crippen LogP contribution in [0.5, 0.6) is 0 Å². The Balaban J connectivity index is 1.54. The SMILES string of the molecule is CC(Sc1ncnc2sc3c(c12)CCCC3)C(=O)NC1(C#N)CCCCC1. The summed E-state index contributed by atoms with van der Waals surface area (Å²) in [6.07, 6.45) is 10.9. The molecule has 2 heterocycles. The van der Waals surface area contributed by atoms with Crippen LogP contribution in [0.2, 0.25) is 0 Å². The van der Waals surface area contributed by atoms with Crippen molar-refractivity contribution < 1.29 is 4.79 Å². The molecule has 1 fully saturated rings. The maximum absolute atomic E-state index is 12.8. The molecule has 27 heavy (non-hydrogen) atoms. The molecule has 0 radical (unpaired) electrons. The van der Waals surface area contributed by atoms with Gasteiger partial charge in [0.25, 0.3) is 0 Å². The average molecular weight is 401 g/mol. The van der Waals surface area contributed by atoms with Crippen molar-refractivity contribution in [2.24, 2.45) is 0 Å². The number of carbonyl (C=O) groups is 1. The first-order valence-corrected chi connectivity index (χ1v) is 11.5. The maximum atomic E-state index is 12.8. The number of thiophene rings is 1. The molecule has 2 aromatic rings. The molecule has 1 amide bonds. The zero-order valence-electron chi connectivity index (χ0n) is 15.6. The Morgan fingerprint density at radius 3 is 2.81 bits per heavy atom. The summed E-state index contributed by atoms with van der Waals surface area (Å²) in [5.41, 5.74) is 0.699. The number of nitrogens with one attached hydrogen (secondary N) is 1. The highest BCUT2D eigenvalue weighted by Crippen LogP contribution is 2.40. The second-order valence-corrected chi connectivity index (χ2v) is 9.99. The van der Waals surface area contributed by atoms with Crippen LogP contribution >= 0.6 is 23.1 Å². The van der Waals surface area contributed by atoms with E-state index >= 15 is 0 Å². The monoisotopic (exact) mass is 400 g/mol. The van der Waals surface area contributed by atoms with E-state index in [1.165, 1.54) is 35.0 Å². The molecule has 0 spiro atoms. The van der Waals surface area contributed by atoms with Crippen LogP contribution in [0.4, 0.5) is 0 Å². The first-order chi connectivity index (χ1) is 13.1. The maximum Gasteiger partial charge on any atom is 0.234 e. The van der Waals surface area contributed by atoms with Crippen molar-refractivity contribution in [1.82, 2.24) is 15.3 Å². The Bertz CT molecular complexity index is 895. The van der Waals surface area contributed by atoms with Gasteiger partial charge in [-0.05, 0) is 51.0 Å². The van der Waals surface area contributed by atoms with Gasteiger partial charge < -0.3 is 5.32 Å². The molecule has 5 nitrogen and oxygen atoms in total. The largest absolute Gasteiger partial charge is 0.337 e. The summed E-state index contributed by atoms with van der Waals surface area (Å²) in [6.45, 7) is 1.90. The number of thioether (sulfide) groups is 1. The van der Waals surface area contributed by atoms with Crippen LogP contribution in [0.1, 0.15) is 62.3 Å². The van der Waals surface area contributed by atoms with E-state index in [1.807, 2.05) is 6.92 Å². The van der Waals surface area contributed by atoms with Gasteiger partial charge >= 0.3 is 0 Å². The lowest BCUT2D eigenvalue weighted by atomic mass is 9.83. The summed E-state index contributed by atoms with van der Waals surface area (Å²) >= 11 is 3.26. The summed E-state index contributed by atoms with van der Waals surface area (Å²) in [4.78, 5) is 24.3. The van der Waals surface area contributed by atoms with E-state index in [-0.39, 0.29) is 11.2 Å². The minimum Gasteiger partial charge on any atom is -0.337 e. The number of rotatable bonds is 4. The number of nitrogens with zero attached hydrogens (tertiary/aromatic N) is 3. The molecule has 2 aliphatic carbocycles. The van der Waals surface area contributed by atoms with Gasteiger partial charge in [-0.15, -0.1) is 11.3 Å². The molecule has 1 atom stereocenters. The molecule has 0 saturated heterocycles. The normalized spacial score (nSPS) is 19.9. The Morgan fingerprint density at radius 1 is 1.26 bits per heavy atom. The van der Waals surface area contributed by atoms with Crippen LogP contribution in [0, 0.1) is 11.3 Å². The zero-order valence-corrected chi connectivity index (χ0v) is 17.2. The standard InChI is InChI=1S/C20H24N4OS2/c1-13(17(25)24-20(11-21)9-5-2-6-10-20)26-18-16-14-7-3-4-8-15(14)27-19(16)23-12-22-18/h12-13H,2-10H2,1H3,(H,24,25). The second kappa shape index (κ2) is 7.76. The minimum absolute atomic E-state index is 0.0701. The lowest BCUT2D eigenvalue weighted by molar-refractivity contribution is -0.121. The van der Waals surface area contributed by atoms with Crippen molar-refractivity contribution in [3.8, 4) is 6.07 Å². The molecule has 0 aromatic carbocycles. The van der Waals surface area contributed by atoms with E-state index in [4.69, 9.17) is 0 Å². The van der Waals surface area contributed by atoms with E-state index in [2.05, 4.69) is 21.4 Å². The highest BCUT2D eigenvalue weighted by molar-refractivity contribution is 8.00. The summed E-state index contributed by atoms with van der Waals surface area (Å²) in [7, 11) is 0. The number of hydrogen-bond acceptors (Lipinski definition) is 6. The lowest BCUT2D eigenvalue weighted by Gasteiger charge is -2.32. The predicted molar refractivity (Wildman–Crippen MR) is 109 cm³/mol. The van der Waals surface area contributed by atoms with E-state index in [1.54, 1.807) is 17.7 Å². The van der Waals surface area contributed by atoms with Crippen LogP contribution in [0.3, 0.4) is 0 Å². The fourth-order valence-electron chi connectivity index (χ4n) is 4.13. The number of aromatic nitrogens is 2. The third kappa shape index (κ3) is 3.70. The Morgan fingerprint density at radius 2 is 2.04 bits per heavy atom. The van der Waals surface area contributed by atoms with E-state index in [9.17, 15) is 10.1 Å². The number of amides is 1. The van der Waals surface area contributed by atoms with Crippen molar-refractivity contribution in [1.29, 1.82) is 5.26 Å². The Hall–Kier alpha value is -1.65. The predicted octanol–water partition coefficient (Wildman–Crippen LogP) is 4.39. The van der Waals surface area contributed by atoms with E-state index in [0.717, 1.165) is 60.2 Å². The first kappa shape index (κ1) is 18.7. The lowest BCUT2D eigenvalue weighted by Crippen LogP contribution is -2.50. The van der Waals surface area contributed by atoms with Crippen molar-refractivity contribution in [3.05, 3.63) is 16.8 Å². The molecule has 2 aromatic heterocycles. The third-order valence-electron chi connectivity index (χ3n) is 5.66. The molecule has 142 valence electrons. The highest BCUT2D eigenvalue weighted by atomic mass is 32.2. The minimum atomic E-state index is -0.688. The topological polar surface area (TPSA) is 78.7 Å². The molecule has 0 bridgehead atoms. The van der Waals surface area contributed by atoms with Gasteiger partial charge in [-0.1, -0.05) is 31.0 Å². The van der Waals surface area contributed by atoms with Gasteiger partial charge in [-0.25, -0.2) is 9.97 Å².